The minimum Gasteiger partial charge on any atom is -0.493 e. The van der Waals surface area contributed by atoms with Crippen LogP contribution in [0.2, 0.25) is 0 Å². The molecule has 0 fully saturated rings. The minimum absolute atomic E-state index is 0.0372. The Morgan fingerprint density at radius 1 is 1.53 bits per heavy atom. The van der Waals surface area contributed by atoms with Gasteiger partial charge in [0.1, 0.15) is 0 Å². The summed E-state index contributed by atoms with van der Waals surface area (Å²) >= 11 is 4.70. The number of hydrogen-bond acceptors (Lipinski definition) is 4. The van der Waals surface area contributed by atoms with Crippen molar-refractivity contribution in [2.24, 2.45) is 5.73 Å². The quantitative estimate of drug-likeness (QED) is 0.655. The van der Waals surface area contributed by atoms with E-state index in [0.29, 0.717) is 17.0 Å². The van der Waals surface area contributed by atoms with Crippen LogP contribution in [0.5, 0.6) is 5.75 Å². The normalized spacial score (nSPS) is 10.2. The number of nitrogens with one attached hydrogen (secondary N) is 1. The van der Waals surface area contributed by atoms with Gasteiger partial charge < -0.3 is 20.2 Å². The predicted molar refractivity (Wildman–Crippen MR) is 78.0 cm³/mol. The molecule has 0 aliphatic carbocycles. The lowest BCUT2D eigenvalue weighted by molar-refractivity contribution is 0.406. The summed E-state index contributed by atoms with van der Waals surface area (Å²) < 4.78 is 10.4. The molecule has 0 amide bonds. The lowest BCUT2D eigenvalue weighted by atomic mass is 10.1. The van der Waals surface area contributed by atoms with Gasteiger partial charge >= 0.3 is 5.63 Å². The van der Waals surface area contributed by atoms with Crippen LogP contribution in [-0.2, 0) is 0 Å². The molecule has 1 aromatic carbocycles. The zero-order valence-corrected chi connectivity index (χ0v) is 11.0. The fourth-order valence-electron chi connectivity index (χ4n) is 1.70. The Labute approximate surface area is 114 Å². The van der Waals surface area contributed by atoms with E-state index in [1.165, 1.54) is 7.11 Å². The molecule has 0 atom stereocenters. The van der Waals surface area contributed by atoms with E-state index in [1.54, 1.807) is 24.3 Å². The molecular weight excluding hydrogens is 264 g/mol. The lowest BCUT2D eigenvalue weighted by Gasteiger charge is -2.08. The third-order valence-corrected chi connectivity index (χ3v) is 2.65. The van der Waals surface area contributed by atoms with Gasteiger partial charge in [-0.15, -0.1) is 0 Å². The van der Waals surface area contributed by atoms with E-state index < -0.39 is 5.63 Å². The van der Waals surface area contributed by atoms with Crippen molar-refractivity contribution in [2.45, 2.75) is 0 Å². The second-order valence-corrected chi connectivity index (χ2v) is 4.23. The largest absolute Gasteiger partial charge is 0.493 e. The summed E-state index contributed by atoms with van der Waals surface area (Å²) in [6.45, 7) is 3.71. The number of rotatable bonds is 3. The molecule has 0 saturated carbocycles. The number of hydrogen-bond donors (Lipinski definition) is 2. The van der Waals surface area contributed by atoms with Crippen LogP contribution in [0, 0.1) is 0 Å². The van der Waals surface area contributed by atoms with Crippen molar-refractivity contribution < 1.29 is 9.15 Å². The van der Waals surface area contributed by atoms with E-state index >= 15 is 0 Å². The summed E-state index contributed by atoms with van der Waals surface area (Å²) in [6.07, 6.45) is 0. The summed E-state index contributed by atoms with van der Waals surface area (Å²) in [6, 6.07) is 6.97. The average molecular weight is 276 g/mol. The van der Waals surface area contributed by atoms with Gasteiger partial charge in [-0.2, -0.15) is 0 Å². The Bertz CT molecular complexity index is 721. The van der Waals surface area contributed by atoms with Crippen LogP contribution in [-0.4, -0.2) is 12.2 Å². The fraction of sp³-hybridized carbons (Fsp3) is 0.0769. The van der Waals surface area contributed by atoms with Crippen LogP contribution in [0.1, 0.15) is 5.56 Å². The van der Waals surface area contributed by atoms with Gasteiger partial charge in [0, 0.05) is 11.1 Å². The van der Waals surface area contributed by atoms with Crippen LogP contribution in [0.15, 0.2) is 40.1 Å². The number of nitrogens with two attached hydrogens (primary N) is 1. The highest BCUT2D eigenvalue weighted by Crippen LogP contribution is 2.25. The van der Waals surface area contributed by atoms with Gasteiger partial charge in [0.25, 0.3) is 0 Å². The Balaban J connectivity index is 2.60. The van der Waals surface area contributed by atoms with Gasteiger partial charge in [0.2, 0.25) is 0 Å². The van der Waals surface area contributed by atoms with E-state index in [9.17, 15) is 4.79 Å². The first-order valence-electron chi connectivity index (χ1n) is 5.39. The number of methoxy groups -OCH3 is 1. The van der Waals surface area contributed by atoms with E-state index in [1.807, 2.05) is 0 Å². The Morgan fingerprint density at radius 3 is 2.89 bits per heavy atom. The average Bonchev–Trinajstić information content (AvgIpc) is 2.36. The lowest BCUT2D eigenvalue weighted by Crippen LogP contribution is -2.28. The summed E-state index contributed by atoms with van der Waals surface area (Å²) in [5.74, 6) is 0.495. The Kier molecular flexibility index (Phi) is 3.52. The van der Waals surface area contributed by atoms with Crippen molar-refractivity contribution >= 4 is 34.0 Å². The molecule has 0 saturated heterocycles. The highest BCUT2D eigenvalue weighted by Gasteiger charge is 2.11. The molecule has 6 heteroatoms. The summed E-state index contributed by atoms with van der Waals surface area (Å²) in [7, 11) is 1.51. The van der Waals surface area contributed by atoms with Crippen LogP contribution in [0.3, 0.4) is 0 Å². The van der Waals surface area contributed by atoms with Crippen molar-refractivity contribution in [3.63, 3.8) is 0 Å². The molecule has 2 rings (SSSR count). The van der Waals surface area contributed by atoms with Crippen LogP contribution >= 0.6 is 12.2 Å². The van der Waals surface area contributed by atoms with Crippen molar-refractivity contribution in [1.82, 2.24) is 5.32 Å². The molecule has 1 aromatic heterocycles. The number of para-hydroxylation sites is 1. The third-order valence-electron chi connectivity index (χ3n) is 2.54. The SMILES string of the molecule is C=C(NC(N)=S)c1cc2cccc(OC)c2oc1=O. The van der Waals surface area contributed by atoms with Gasteiger partial charge in [0.05, 0.1) is 12.7 Å². The summed E-state index contributed by atoms with van der Waals surface area (Å²) in [5, 5.41) is 3.38. The van der Waals surface area contributed by atoms with Gasteiger partial charge in [0.15, 0.2) is 16.4 Å². The number of fused-ring (bicyclic) bond motifs is 1. The smallest absolute Gasteiger partial charge is 0.345 e. The molecule has 19 heavy (non-hydrogen) atoms. The maximum Gasteiger partial charge on any atom is 0.345 e. The molecule has 0 unspecified atom stereocenters. The third kappa shape index (κ3) is 2.58. The molecule has 0 aliphatic rings. The highest BCUT2D eigenvalue weighted by atomic mass is 32.1. The zero-order valence-electron chi connectivity index (χ0n) is 10.2. The number of ether oxygens (including phenoxy) is 1. The fourth-order valence-corrected chi connectivity index (χ4v) is 1.83. The molecule has 5 nitrogen and oxygen atoms in total. The van der Waals surface area contributed by atoms with E-state index in [2.05, 4.69) is 11.9 Å². The van der Waals surface area contributed by atoms with Gasteiger partial charge in [-0.3, -0.25) is 0 Å². The van der Waals surface area contributed by atoms with E-state index in [4.69, 9.17) is 27.1 Å². The first kappa shape index (κ1) is 13.1. The monoisotopic (exact) mass is 276 g/mol. The van der Waals surface area contributed by atoms with Crippen LogP contribution in [0.25, 0.3) is 16.7 Å². The maximum atomic E-state index is 11.9. The zero-order chi connectivity index (χ0) is 14.0. The van der Waals surface area contributed by atoms with Gasteiger partial charge in [-0.1, -0.05) is 18.7 Å². The molecule has 2 aromatic rings. The Hall–Kier alpha value is -2.34. The molecule has 0 radical (unpaired) electrons. The molecule has 98 valence electrons. The van der Waals surface area contributed by atoms with Gasteiger partial charge in [-0.05, 0) is 24.4 Å². The molecule has 0 bridgehead atoms. The van der Waals surface area contributed by atoms with Gasteiger partial charge in [-0.25, -0.2) is 4.79 Å². The second kappa shape index (κ2) is 5.11. The standard InChI is InChI=1S/C13H12N2O3S/c1-7(15-13(14)19)9-6-8-4-3-5-10(17-2)11(8)18-12(9)16/h3-6H,1H2,2H3,(H3,14,15,19). The number of thiocarbonyl (C=S) groups is 1. The first-order valence-corrected chi connectivity index (χ1v) is 5.80. The number of benzene rings is 1. The summed E-state index contributed by atoms with van der Waals surface area (Å²) in [5.41, 5.74) is 5.77. The predicted octanol–water partition coefficient (Wildman–Crippen LogP) is 1.61. The van der Waals surface area contributed by atoms with Crippen molar-refractivity contribution in [3.05, 3.63) is 46.8 Å². The molecule has 0 spiro atoms. The van der Waals surface area contributed by atoms with E-state index in [-0.39, 0.29) is 10.7 Å². The maximum absolute atomic E-state index is 11.9. The van der Waals surface area contributed by atoms with E-state index in [0.717, 1.165) is 5.39 Å². The molecule has 0 aliphatic heterocycles. The molecular formula is C13H12N2O3S. The minimum atomic E-state index is -0.536. The van der Waals surface area contributed by atoms with Crippen molar-refractivity contribution in [1.29, 1.82) is 0 Å². The molecule has 1 heterocycles. The first-order chi connectivity index (χ1) is 9.02. The molecule has 3 N–H and O–H groups in total. The topological polar surface area (TPSA) is 77.5 Å². The van der Waals surface area contributed by atoms with Crippen LogP contribution in [0.4, 0.5) is 0 Å². The van der Waals surface area contributed by atoms with Crippen molar-refractivity contribution in [3.8, 4) is 5.75 Å². The highest BCUT2D eigenvalue weighted by molar-refractivity contribution is 7.80. The Morgan fingerprint density at radius 2 is 2.26 bits per heavy atom. The van der Waals surface area contributed by atoms with Crippen molar-refractivity contribution in [2.75, 3.05) is 7.11 Å². The second-order valence-electron chi connectivity index (χ2n) is 3.79. The summed E-state index contributed by atoms with van der Waals surface area (Å²) in [4.78, 5) is 11.9. The van der Waals surface area contributed by atoms with Crippen LogP contribution < -0.4 is 21.4 Å².